The second kappa shape index (κ2) is 9.48. The van der Waals surface area contributed by atoms with Gasteiger partial charge in [-0.3, -0.25) is 4.79 Å². The SMILES string of the molecule is C[C@H](Sc1c(Cl)cccc1Cl)C(=O)NCCSc1ccccc1. The number of rotatable bonds is 7. The number of carbonyl (C=O) groups is 1. The molecule has 23 heavy (non-hydrogen) atoms. The maximum absolute atomic E-state index is 12.2. The minimum Gasteiger partial charge on any atom is -0.354 e. The third-order valence-corrected chi connectivity index (χ3v) is 6.11. The predicted octanol–water partition coefficient (Wildman–Crippen LogP) is 5.38. The highest BCUT2D eigenvalue weighted by atomic mass is 35.5. The first-order valence-electron chi connectivity index (χ1n) is 7.14. The molecule has 2 nitrogen and oxygen atoms in total. The van der Waals surface area contributed by atoms with Crippen LogP contribution in [-0.2, 0) is 4.79 Å². The van der Waals surface area contributed by atoms with Crippen LogP contribution >= 0.6 is 46.7 Å². The minimum atomic E-state index is -0.255. The number of thioether (sulfide) groups is 2. The van der Waals surface area contributed by atoms with Crippen molar-refractivity contribution in [2.45, 2.75) is 22.0 Å². The zero-order valence-electron chi connectivity index (χ0n) is 12.6. The van der Waals surface area contributed by atoms with Crippen molar-refractivity contribution in [2.24, 2.45) is 0 Å². The van der Waals surface area contributed by atoms with E-state index in [-0.39, 0.29) is 11.2 Å². The second-order valence-electron chi connectivity index (χ2n) is 4.76. The molecule has 0 aliphatic heterocycles. The van der Waals surface area contributed by atoms with Gasteiger partial charge in [-0.25, -0.2) is 0 Å². The summed E-state index contributed by atoms with van der Waals surface area (Å²) < 4.78 is 0. The summed E-state index contributed by atoms with van der Waals surface area (Å²) in [4.78, 5) is 14.1. The van der Waals surface area contributed by atoms with E-state index in [1.54, 1.807) is 30.0 Å². The number of amides is 1. The lowest BCUT2D eigenvalue weighted by Gasteiger charge is -2.13. The van der Waals surface area contributed by atoms with Gasteiger partial charge < -0.3 is 5.32 Å². The Kier molecular flexibility index (Phi) is 7.63. The molecule has 0 heterocycles. The Balaban J connectivity index is 1.77. The summed E-state index contributed by atoms with van der Waals surface area (Å²) in [5.74, 6) is 0.819. The Morgan fingerprint density at radius 3 is 2.39 bits per heavy atom. The summed E-state index contributed by atoms with van der Waals surface area (Å²) in [7, 11) is 0. The minimum absolute atomic E-state index is 0.0142. The van der Waals surface area contributed by atoms with Crippen LogP contribution in [0.25, 0.3) is 0 Å². The Bertz CT molecular complexity index is 632. The maximum atomic E-state index is 12.2. The average Bonchev–Trinajstić information content (AvgIpc) is 2.55. The normalized spacial score (nSPS) is 12.0. The quantitative estimate of drug-likeness (QED) is 0.512. The fraction of sp³-hybridized carbons (Fsp3) is 0.235. The lowest BCUT2D eigenvalue weighted by molar-refractivity contribution is -0.120. The van der Waals surface area contributed by atoms with E-state index in [1.807, 2.05) is 25.1 Å². The van der Waals surface area contributed by atoms with Crippen LogP contribution in [0.5, 0.6) is 0 Å². The number of benzene rings is 2. The molecule has 0 saturated carbocycles. The van der Waals surface area contributed by atoms with E-state index in [9.17, 15) is 4.79 Å². The number of carbonyl (C=O) groups excluding carboxylic acids is 1. The monoisotopic (exact) mass is 385 g/mol. The molecule has 2 aromatic carbocycles. The van der Waals surface area contributed by atoms with Gasteiger partial charge in [0.05, 0.1) is 15.3 Å². The summed E-state index contributed by atoms with van der Waals surface area (Å²) in [5, 5.41) is 3.83. The number of halogens is 2. The Morgan fingerprint density at radius 2 is 1.74 bits per heavy atom. The lowest BCUT2D eigenvalue weighted by Crippen LogP contribution is -2.32. The van der Waals surface area contributed by atoms with Crippen LogP contribution in [0.1, 0.15) is 6.92 Å². The van der Waals surface area contributed by atoms with Crippen molar-refractivity contribution in [1.29, 1.82) is 0 Å². The number of nitrogens with one attached hydrogen (secondary N) is 1. The molecule has 0 radical (unpaired) electrons. The van der Waals surface area contributed by atoms with Gasteiger partial charge >= 0.3 is 0 Å². The largest absolute Gasteiger partial charge is 0.354 e. The van der Waals surface area contributed by atoms with Gasteiger partial charge in [0.15, 0.2) is 0 Å². The van der Waals surface area contributed by atoms with Gasteiger partial charge in [-0.15, -0.1) is 23.5 Å². The zero-order valence-corrected chi connectivity index (χ0v) is 15.7. The second-order valence-corrected chi connectivity index (χ2v) is 8.10. The van der Waals surface area contributed by atoms with Crippen molar-refractivity contribution < 1.29 is 4.79 Å². The van der Waals surface area contributed by atoms with E-state index in [0.717, 1.165) is 10.6 Å². The lowest BCUT2D eigenvalue weighted by atomic mass is 10.4. The molecule has 0 unspecified atom stereocenters. The predicted molar refractivity (Wildman–Crippen MR) is 102 cm³/mol. The van der Waals surface area contributed by atoms with E-state index in [1.165, 1.54) is 16.7 Å². The van der Waals surface area contributed by atoms with Crippen molar-refractivity contribution in [3.63, 3.8) is 0 Å². The van der Waals surface area contributed by atoms with E-state index in [2.05, 4.69) is 17.4 Å². The van der Waals surface area contributed by atoms with Gasteiger partial charge in [-0.05, 0) is 31.2 Å². The molecule has 1 N–H and O–H groups in total. The number of hydrogen-bond acceptors (Lipinski definition) is 3. The summed E-state index contributed by atoms with van der Waals surface area (Å²) in [6.45, 7) is 2.48. The van der Waals surface area contributed by atoms with Gasteiger partial charge in [-0.2, -0.15) is 0 Å². The van der Waals surface area contributed by atoms with Crippen molar-refractivity contribution >= 4 is 52.6 Å². The molecule has 0 saturated heterocycles. The van der Waals surface area contributed by atoms with Crippen LogP contribution in [0.15, 0.2) is 58.3 Å². The van der Waals surface area contributed by atoms with E-state index in [4.69, 9.17) is 23.2 Å². The van der Waals surface area contributed by atoms with E-state index >= 15 is 0 Å². The molecule has 122 valence electrons. The van der Waals surface area contributed by atoms with Crippen LogP contribution in [0.4, 0.5) is 0 Å². The maximum Gasteiger partial charge on any atom is 0.233 e. The molecule has 0 aliphatic carbocycles. The van der Waals surface area contributed by atoms with Crippen molar-refractivity contribution in [3.8, 4) is 0 Å². The fourth-order valence-electron chi connectivity index (χ4n) is 1.83. The highest BCUT2D eigenvalue weighted by molar-refractivity contribution is 8.00. The highest BCUT2D eigenvalue weighted by Gasteiger charge is 2.17. The van der Waals surface area contributed by atoms with Crippen molar-refractivity contribution in [3.05, 3.63) is 58.6 Å². The first kappa shape index (κ1) is 18.5. The first-order chi connectivity index (χ1) is 11.1. The summed E-state index contributed by atoms with van der Waals surface area (Å²) in [5.41, 5.74) is 0. The van der Waals surface area contributed by atoms with Crippen LogP contribution in [-0.4, -0.2) is 23.5 Å². The van der Waals surface area contributed by atoms with Gasteiger partial charge in [0.1, 0.15) is 0 Å². The van der Waals surface area contributed by atoms with Crippen LogP contribution in [0.2, 0.25) is 10.0 Å². The standard InChI is InChI=1S/C17H17Cl2NOS2/c1-12(23-16-14(18)8-5-9-15(16)19)17(21)20-10-11-22-13-6-3-2-4-7-13/h2-9,12H,10-11H2,1H3,(H,20,21)/t12-/m0/s1. The molecular weight excluding hydrogens is 369 g/mol. The third kappa shape index (κ3) is 5.96. The Morgan fingerprint density at radius 1 is 1.09 bits per heavy atom. The van der Waals surface area contributed by atoms with Crippen molar-refractivity contribution in [2.75, 3.05) is 12.3 Å². The van der Waals surface area contributed by atoms with E-state index in [0.29, 0.717) is 16.6 Å². The highest BCUT2D eigenvalue weighted by Crippen LogP contribution is 2.36. The van der Waals surface area contributed by atoms with Gasteiger partial charge in [0, 0.05) is 22.1 Å². The Hall–Kier alpha value is -0.810. The molecule has 0 aromatic heterocycles. The van der Waals surface area contributed by atoms with Gasteiger partial charge in [0.25, 0.3) is 0 Å². The third-order valence-electron chi connectivity index (χ3n) is 3.00. The first-order valence-corrected chi connectivity index (χ1v) is 9.76. The summed E-state index contributed by atoms with van der Waals surface area (Å²) >= 11 is 15.4. The van der Waals surface area contributed by atoms with Crippen LogP contribution < -0.4 is 5.32 Å². The molecule has 0 fully saturated rings. The summed E-state index contributed by atoms with van der Waals surface area (Å²) in [6, 6.07) is 15.5. The topological polar surface area (TPSA) is 29.1 Å². The molecule has 2 rings (SSSR count). The smallest absolute Gasteiger partial charge is 0.233 e. The molecule has 2 aromatic rings. The molecule has 0 spiro atoms. The van der Waals surface area contributed by atoms with Crippen LogP contribution in [0, 0.1) is 0 Å². The van der Waals surface area contributed by atoms with Crippen molar-refractivity contribution in [1.82, 2.24) is 5.32 Å². The molecule has 0 aliphatic rings. The van der Waals surface area contributed by atoms with Crippen LogP contribution in [0.3, 0.4) is 0 Å². The summed E-state index contributed by atoms with van der Waals surface area (Å²) in [6.07, 6.45) is 0. The molecule has 1 atom stereocenters. The molecule has 0 bridgehead atoms. The van der Waals surface area contributed by atoms with E-state index < -0.39 is 0 Å². The molecular formula is C17H17Cl2NOS2. The fourth-order valence-corrected chi connectivity index (χ4v) is 4.19. The molecule has 6 heteroatoms. The van der Waals surface area contributed by atoms with Gasteiger partial charge in [0.2, 0.25) is 5.91 Å². The average molecular weight is 386 g/mol. The Labute approximate surface area is 155 Å². The number of hydrogen-bond donors (Lipinski definition) is 1. The van der Waals surface area contributed by atoms with Gasteiger partial charge in [-0.1, -0.05) is 47.5 Å². The molecule has 1 amide bonds. The zero-order chi connectivity index (χ0) is 16.7.